The molecule has 1 amide bonds. The van der Waals surface area contributed by atoms with Crippen molar-refractivity contribution in [1.29, 1.82) is 0 Å². The Morgan fingerprint density at radius 2 is 1.90 bits per heavy atom. The van der Waals surface area contributed by atoms with Gasteiger partial charge in [-0.2, -0.15) is 0 Å². The first-order chi connectivity index (χ1) is 9.43. The van der Waals surface area contributed by atoms with Crippen molar-refractivity contribution in [3.63, 3.8) is 0 Å². The van der Waals surface area contributed by atoms with Crippen molar-refractivity contribution >= 4 is 5.91 Å². The Kier molecular flexibility index (Phi) is 6.96. The average Bonchev–Trinajstić information content (AvgIpc) is 2.39. The van der Waals surface area contributed by atoms with Crippen molar-refractivity contribution in [2.24, 2.45) is 11.3 Å². The third kappa shape index (κ3) is 4.45. The fourth-order valence-corrected chi connectivity index (χ4v) is 3.37. The van der Waals surface area contributed by atoms with Crippen molar-refractivity contribution in [2.45, 2.75) is 52.5 Å². The zero-order chi connectivity index (χ0) is 15.2. The van der Waals surface area contributed by atoms with Gasteiger partial charge in [0.05, 0.1) is 5.41 Å². The van der Waals surface area contributed by atoms with Gasteiger partial charge >= 0.3 is 0 Å². The molecule has 1 fully saturated rings. The second-order valence-corrected chi connectivity index (χ2v) is 6.77. The zero-order valence-corrected chi connectivity index (χ0v) is 14.0. The van der Waals surface area contributed by atoms with Crippen molar-refractivity contribution in [1.82, 2.24) is 15.5 Å². The molecule has 0 aromatic rings. The Hall–Kier alpha value is -0.610. The lowest BCUT2D eigenvalue weighted by molar-refractivity contribution is -0.133. The molecular formula is C16H33N3O. The maximum atomic E-state index is 12.7. The SMILES string of the molecule is CCCC1(C(=O)NCC(C(C)C)N(C)C)CCNCC1. The van der Waals surface area contributed by atoms with E-state index in [1.165, 1.54) is 0 Å². The van der Waals surface area contributed by atoms with E-state index < -0.39 is 0 Å². The van der Waals surface area contributed by atoms with Gasteiger partial charge in [0.15, 0.2) is 0 Å². The van der Waals surface area contributed by atoms with Crippen LogP contribution in [0.15, 0.2) is 0 Å². The highest BCUT2D eigenvalue weighted by Crippen LogP contribution is 2.34. The van der Waals surface area contributed by atoms with Gasteiger partial charge in [0.25, 0.3) is 0 Å². The first kappa shape index (κ1) is 17.4. The minimum Gasteiger partial charge on any atom is -0.354 e. The third-order valence-corrected chi connectivity index (χ3v) is 4.68. The summed E-state index contributed by atoms with van der Waals surface area (Å²) in [5, 5.41) is 6.60. The van der Waals surface area contributed by atoms with Crippen LogP contribution in [0.3, 0.4) is 0 Å². The van der Waals surface area contributed by atoms with Gasteiger partial charge in [-0.15, -0.1) is 0 Å². The molecule has 1 aliphatic heterocycles. The lowest BCUT2D eigenvalue weighted by atomic mass is 9.74. The van der Waals surface area contributed by atoms with Crippen LogP contribution in [-0.2, 0) is 4.79 Å². The lowest BCUT2D eigenvalue weighted by Crippen LogP contribution is -2.51. The normalized spacial score (nSPS) is 20.1. The van der Waals surface area contributed by atoms with Crippen LogP contribution in [0.5, 0.6) is 0 Å². The molecule has 1 rings (SSSR count). The number of piperidine rings is 1. The predicted molar refractivity (Wildman–Crippen MR) is 84.8 cm³/mol. The molecule has 1 aliphatic rings. The highest BCUT2D eigenvalue weighted by molar-refractivity contribution is 5.82. The first-order valence-corrected chi connectivity index (χ1v) is 8.08. The largest absolute Gasteiger partial charge is 0.354 e. The highest BCUT2D eigenvalue weighted by atomic mass is 16.2. The number of carbonyl (C=O) groups is 1. The molecule has 4 nitrogen and oxygen atoms in total. The predicted octanol–water partition coefficient (Wildman–Crippen LogP) is 1.86. The van der Waals surface area contributed by atoms with Gasteiger partial charge in [-0.1, -0.05) is 27.2 Å². The second-order valence-electron chi connectivity index (χ2n) is 6.77. The lowest BCUT2D eigenvalue weighted by Gasteiger charge is -2.37. The summed E-state index contributed by atoms with van der Waals surface area (Å²) in [5.41, 5.74) is -0.131. The quantitative estimate of drug-likeness (QED) is 0.749. The number of amides is 1. The van der Waals surface area contributed by atoms with Crippen LogP contribution in [0.2, 0.25) is 0 Å². The molecule has 118 valence electrons. The van der Waals surface area contributed by atoms with Crippen LogP contribution >= 0.6 is 0 Å². The zero-order valence-electron chi connectivity index (χ0n) is 14.0. The molecule has 1 atom stereocenters. The molecule has 0 bridgehead atoms. The summed E-state index contributed by atoms with van der Waals surface area (Å²) < 4.78 is 0. The monoisotopic (exact) mass is 283 g/mol. The van der Waals surface area contributed by atoms with Crippen LogP contribution in [-0.4, -0.2) is 50.6 Å². The Morgan fingerprint density at radius 1 is 1.30 bits per heavy atom. The molecule has 1 unspecified atom stereocenters. The standard InChI is InChI=1S/C16H33N3O/c1-6-7-16(8-10-17-11-9-16)15(20)18-12-14(13(2)3)19(4)5/h13-14,17H,6-12H2,1-5H3,(H,18,20). The molecule has 1 heterocycles. The molecule has 2 N–H and O–H groups in total. The summed E-state index contributed by atoms with van der Waals surface area (Å²) in [5.74, 6) is 0.814. The fourth-order valence-electron chi connectivity index (χ4n) is 3.37. The summed E-state index contributed by atoms with van der Waals surface area (Å²) >= 11 is 0. The number of carbonyl (C=O) groups excluding carboxylic acids is 1. The number of hydrogen-bond donors (Lipinski definition) is 2. The molecule has 0 radical (unpaired) electrons. The molecule has 0 aromatic heterocycles. The first-order valence-electron chi connectivity index (χ1n) is 8.08. The number of nitrogens with one attached hydrogen (secondary N) is 2. The minimum absolute atomic E-state index is 0.131. The summed E-state index contributed by atoms with van der Waals surface area (Å²) in [6.07, 6.45) is 4.03. The summed E-state index contributed by atoms with van der Waals surface area (Å²) in [6.45, 7) is 9.28. The summed E-state index contributed by atoms with van der Waals surface area (Å²) in [4.78, 5) is 14.9. The van der Waals surface area contributed by atoms with Gasteiger partial charge in [0.1, 0.15) is 0 Å². The topological polar surface area (TPSA) is 44.4 Å². The minimum atomic E-state index is -0.131. The van der Waals surface area contributed by atoms with E-state index >= 15 is 0 Å². The molecule has 20 heavy (non-hydrogen) atoms. The van der Waals surface area contributed by atoms with Gasteiger partial charge < -0.3 is 15.5 Å². The van der Waals surface area contributed by atoms with E-state index in [4.69, 9.17) is 0 Å². The van der Waals surface area contributed by atoms with E-state index in [1.54, 1.807) is 0 Å². The van der Waals surface area contributed by atoms with Gasteiger partial charge in [-0.3, -0.25) is 4.79 Å². The van der Waals surface area contributed by atoms with Gasteiger partial charge in [0, 0.05) is 12.6 Å². The average molecular weight is 283 g/mol. The van der Waals surface area contributed by atoms with E-state index in [1.807, 2.05) is 0 Å². The van der Waals surface area contributed by atoms with Crippen LogP contribution in [0.1, 0.15) is 46.5 Å². The smallest absolute Gasteiger partial charge is 0.226 e. The van der Waals surface area contributed by atoms with E-state index in [-0.39, 0.29) is 11.3 Å². The Bertz CT molecular complexity index is 283. The number of hydrogen-bond acceptors (Lipinski definition) is 3. The van der Waals surface area contributed by atoms with E-state index in [0.717, 1.165) is 45.3 Å². The number of likely N-dealkylation sites (N-methyl/N-ethyl adjacent to an activating group) is 1. The maximum absolute atomic E-state index is 12.7. The summed E-state index contributed by atoms with van der Waals surface area (Å²) in [6, 6.07) is 0.402. The third-order valence-electron chi connectivity index (χ3n) is 4.68. The highest BCUT2D eigenvalue weighted by Gasteiger charge is 2.38. The molecule has 0 spiro atoms. The van der Waals surface area contributed by atoms with Crippen LogP contribution in [0.4, 0.5) is 0 Å². The van der Waals surface area contributed by atoms with E-state index in [9.17, 15) is 4.79 Å². The Balaban J connectivity index is 2.62. The van der Waals surface area contributed by atoms with Crippen molar-refractivity contribution < 1.29 is 4.79 Å². The van der Waals surface area contributed by atoms with Crippen LogP contribution in [0.25, 0.3) is 0 Å². The number of rotatable bonds is 7. The van der Waals surface area contributed by atoms with Crippen molar-refractivity contribution in [3.8, 4) is 0 Å². The molecule has 4 heteroatoms. The molecule has 0 aliphatic carbocycles. The van der Waals surface area contributed by atoms with Crippen molar-refractivity contribution in [2.75, 3.05) is 33.7 Å². The molecule has 0 saturated carbocycles. The molecule has 0 aromatic carbocycles. The number of nitrogens with zero attached hydrogens (tertiary/aromatic N) is 1. The van der Waals surface area contributed by atoms with Crippen LogP contribution < -0.4 is 10.6 Å². The Labute approximate surface area is 124 Å². The Morgan fingerprint density at radius 3 is 2.35 bits per heavy atom. The molecular weight excluding hydrogens is 250 g/mol. The fraction of sp³-hybridized carbons (Fsp3) is 0.938. The summed E-state index contributed by atoms with van der Waals surface area (Å²) in [7, 11) is 4.17. The van der Waals surface area contributed by atoms with Gasteiger partial charge in [-0.05, 0) is 52.4 Å². The second kappa shape index (κ2) is 7.99. The van der Waals surface area contributed by atoms with E-state index in [2.05, 4.69) is 50.4 Å². The van der Waals surface area contributed by atoms with E-state index in [0.29, 0.717) is 12.0 Å². The molecule has 1 saturated heterocycles. The maximum Gasteiger partial charge on any atom is 0.226 e. The van der Waals surface area contributed by atoms with Gasteiger partial charge in [0.2, 0.25) is 5.91 Å². The van der Waals surface area contributed by atoms with Crippen LogP contribution in [0, 0.1) is 11.3 Å². The van der Waals surface area contributed by atoms with Crippen molar-refractivity contribution in [3.05, 3.63) is 0 Å². The van der Waals surface area contributed by atoms with Gasteiger partial charge in [-0.25, -0.2) is 0 Å².